The van der Waals surface area contributed by atoms with E-state index >= 15 is 0 Å². The Kier molecular flexibility index (Phi) is 4.15. The van der Waals surface area contributed by atoms with Crippen molar-refractivity contribution >= 4 is 26.4 Å². The molecule has 1 fully saturated rings. The van der Waals surface area contributed by atoms with Crippen molar-refractivity contribution in [2.24, 2.45) is 0 Å². The Balaban J connectivity index is 1.70. The van der Waals surface area contributed by atoms with E-state index in [2.05, 4.69) is 15.3 Å². The van der Waals surface area contributed by atoms with Crippen LogP contribution in [0.4, 0.5) is 0 Å². The molecule has 1 saturated heterocycles. The van der Waals surface area contributed by atoms with Crippen LogP contribution in [0.3, 0.4) is 0 Å². The second-order valence-corrected chi connectivity index (χ2v) is 9.39. The van der Waals surface area contributed by atoms with E-state index in [1.807, 2.05) is 50.2 Å². The molecule has 0 aliphatic carbocycles. The minimum Gasteiger partial charge on any atom is -0.207 e. The normalized spacial score (nSPS) is 15.5. The number of hydrogen-bond acceptors (Lipinski definition) is 5. The molecule has 148 valence electrons. The fourth-order valence-electron chi connectivity index (χ4n) is 4.00. The molecule has 5 rings (SSSR count). The van der Waals surface area contributed by atoms with Crippen LogP contribution in [0, 0.1) is 13.8 Å². The van der Waals surface area contributed by atoms with Crippen LogP contribution >= 0.6 is 0 Å². The van der Waals surface area contributed by atoms with Crippen molar-refractivity contribution in [3.05, 3.63) is 53.7 Å². The molecule has 2 aromatic heterocycles. The van der Waals surface area contributed by atoms with Crippen molar-refractivity contribution in [1.29, 1.82) is 0 Å². The van der Waals surface area contributed by atoms with Gasteiger partial charge in [-0.25, -0.2) is 8.42 Å². The van der Waals surface area contributed by atoms with Crippen LogP contribution in [0.1, 0.15) is 24.1 Å². The number of aryl methyl sites for hydroxylation is 2. The van der Waals surface area contributed by atoms with Gasteiger partial charge in [0.1, 0.15) is 0 Å². The van der Waals surface area contributed by atoms with Crippen molar-refractivity contribution in [3.63, 3.8) is 0 Å². The smallest absolute Gasteiger partial charge is 0.207 e. The standard InChI is InChI=1S/C21H21N5O2S/c1-14-9-10-16(13-19(14)29(27,28)25-11-5-6-12-25)20-22-23-21-18-8-4-3-7-17(18)15(2)24-26(20)21/h3-4,7-10,13H,5-6,11-12H2,1-2H3. The molecule has 0 amide bonds. The summed E-state index contributed by atoms with van der Waals surface area (Å²) in [4.78, 5) is 0.325. The highest BCUT2D eigenvalue weighted by Gasteiger charge is 2.29. The quantitative estimate of drug-likeness (QED) is 0.520. The monoisotopic (exact) mass is 407 g/mol. The van der Waals surface area contributed by atoms with Crippen LogP contribution in [0.15, 0.2) is 47.4 Å². The molecule has 0 radical (unpaired) electrons. The third-order valence-corrected chi connectivity index (χ3v) is 7.62. The lowest BCUT2D eigenvalue weighted by Gasteiger charge is -2.17. The molecule has 7 nitrogen and oxygen atoms in total. The summed E-state index contributed by atoms with van der Waals surface area (Å²) < 4.78 is 29.5. The van der Waals surface area contributed by atoms with Crippen LogP contribution in [-0.2, 0) is 10.0 Å². The zero-order valence-corrected chi connectivity index (χ0v) is 17.1. The average Bonchev–Trinajstić information content (AvgIpc) is 3.39. The number of nitrogens with zero attached hydrogens (tertiary/aromatic N) is 5. The van der Waals surface area contributed by atoms with Gasteiger partial charge in [0, 0.05) is 29.4 Å². The second-order valence-electron chi connectivity index (χ2n) is 7.48. The first-order chi connectivity index (χ1) is 14.0. The molecular weight excluding hydrogens is 386 g/mol. The van der Waals surface area contributed by atoms with Gasteiger partial charge in [0.05, 0.1) is 10.6 Å². The number of hydrogen-bond donors (Lipinski definition) is 0. The zero-order valence-electron chi connectivity index (χ0n) is 16.3. The van der Waals surface area contributed by atoms with Gasteiger partial charge >= 0.3 is 0 Å². The first kappa shape index (κ1) is 18.2. The van der Waals surface area contributed by atoms with Crippen molar-refractivity contribution in [2.45, 2.75) is 31.6 Å². The molecule has 0 saturated carbocycles. The summed E-state index contributed by atoms with van der Waals surface area (Å²) >= 11 is 0. The van der Waals surface area contributed by atoms with Gasteiger partial charge in [-0.1, -0.05) is 36.4 Å². The van der Waals surface area contributed by atoms with Crippen LogP contribution in [-0.4, -0.2) is 45.6 Å². The van der Waals surface area contributed by atoms with Crippen molar-refractivity contribution < 1.29 is 8.42 Å². The molecule has 8 heteroatoms. The summed E-state index contributed by atoms with van der Waals surface area (Å²) in [6.45, 7) is 4.92. The first-order valence-corrected chi connectivity index (χ1v) is 11.1. The molecule has 29 heavy (non-hydrogen) atoms. The van der Waals surface area contributed by atoms with Crippen molar-refractivity contribution in [1.82, 2.24) is 24.1 Å². The van der Waals surface area contributed by atoms with E-state index in [0.29, 0.717) is 35.0 Å². The predicted octanol–water partition coefficient (Wildman–Crippen LogP) is 3.35. The molecular formula is C21H21N5O2S. The summed E-state index contributed by atoms with van der Waals surface area (Å²) in [6.07, 6.45) is 1.81. The van der Waals surface area contributed by atoms with Gasteiger partial charge in [-0.15, -0.1) is 10.2 Å². The largest absolute Gasteiger partial charge is 0.243 e. The number of sulfonamides is 1. The molecule has 0 atom stereocenters. The van der Waals surface area contributed by atoms with Gasteiger partial charge in [0.2, 0.25) is 10.0 Å². The summed E-state index contributed by atoms with van der Waals surface area (Å²) in [5.41, 5.74) is 2.93. The zero-order chi connectivity index (χ0) is 20.2. The SMILES string of the molecule is Cc1ccc(-c2nnc3c4ccccc4c(C)nn23)cc1S(=O)(=O)N1CCCC1. The van der Waals surface area contributed by atoms with Gasteiger partial charge in [0.25, 0.3) is 0 Å². The minimum absolute atomic E-state index is 0.325. The Hall–Kier alpha value is -2.84. The van der Waals surface area contributed by atoms with Crippen LogP contribution < -0.4 is 0 Å². The molecule has 3 heterocycles. The number of aromatic nitrogens is 4. The van der Waals surface area contributed by atoms with Gasteiger partial charge in [0.15, 0.2) is 11.5 Å². The van der Waals surface area contributed by atoms with Crippen LogP contribution in [0.25, 0.3) is 27.8 Å². The summed E-state index contributed by atoms with van der Waals surface area (Å²) in [5, 5.41) is 15.4. The Bertz CT molecular complexity index is 1350. The molecule has 0 N–H and O–H groups in total. The Morgan fingerprint density at radius 1 is 0.931 bits per heavy atom. The minimum atomic E-state index is -3.52. The van der Waals surface area contributed by atoms with E-state index in [1.54, 1.807) is 14.9 Å². The summed E-state index contributed by atoms with van der Waals surface area (Å²) in [6, 6.07) is 13.3. The van der Waals surface area contributed by atoms with E-state index in [9.17, 15) is 8.42 Å². The lowest BCUT2D eigenvalue weighted by atomic mass is 10.1. The maximum atomic E-state index is 13.1. The van der Waals surface area contributed by atoms with E-state index in [4.69, 9.17) is 0 Å². The molecule has 1 aliphatic heterocycles. The van der Waals surface area contributed by atoms with E-state index in [0.717, 1.165) is 34.9 Å². The molecule has 0 bridgehead atoms. The highest BCUT2D eigenvalue weighted by molar-refractivity contribution is 7.89. The third-order valence-electron chi connectivity index (χ3n) is 5.58. The molecule has 4 aromatic rings. The van der Waals surface area contributed by atoms with Gasteiger partial charge < -0.3 is 0 Å². The number of rotatable bonds is 3. The topological polar surface area (TPSA) is 80.5 Å². The number of benzene rings is 2. The van der Waals surface area contributed by atoms with Gasteiger partial charge in [-0.2, -0.15) is 13.9 Å². The fourth-order valence-corrected chi connectivity index (χ4v) is 5.77. The van der Waals surface area contributed by atoms with Crippen molar-refractivity contribution in [2.75, 3.05) is 13.1 Å². The van der Waals surface area contributed by atoms with Gasteiger partial charge in [-0.3, -0.25) is 0 Å². The maximum Gasteiger partial charge on any atom is 0.243 e. The second kappa shape index (κ2) is 6.60. The Labute approximate surface area is 169 Å². The lowest BCUT2D eigenvalue weighted by molar-refractivity contribution is 0.477. The lowest BCUT2D eigenvalue weighted by Crippen LogP contribution is -2.28. The highest BCUT2D eigenvalue weighted by atomic mass is 32.2. The highest BCUT2D eigenvalue weighted by Crippen LogP contribution is 2.29. The van der Waals surface area contributed by atoms with E-state index < -0.39 is 10.0 Å². The predicted molar refractivity (Wildman–Crippen MR) is 111 cm³/mol. The summed E-state index contributed by atoms with van der Waals surface area (Å²) in [5.74, 6) is 0.534. The van der Waals surface area contributed by atoms with Crippen molar-refractivity contribution in [3.8, 4) is 11.4 Å². The maximum absolute atomic E-state index is 13.1. The molecule has 0 spiro atoms. The van der Waals surface area contributed by atoms with Gasteiger partial charge in [-0.05, 0) is 38.3 Å². The van der Waals surface area contributed by atoms with Crippen LogP contribution in [0.2, 0.25) is 0 Å². The number of fused-ring (bicyclic) bond motifs is 3. The van der Waals surface area contributed by atoms with E-state index in [-0.39, 0.29) is 0 Å². The molecule has 1 aliphatic rings. The Morgan fingerprint density at radius 2 is 1.66 bits per heavy atom. The third kappa shape index (κ3) is 2.82. The first-order valence-electron chi connectivity index (χ1n) is 9.69. The average molecular weight is 407 g/mol. The molecule has 2 aromatic carbocycles. The van der Waals surface area contributed by atoms with E-state index in [1.165, 1.54) is 0 Å². The Morgan fingerprint density at radius 3 is 2.41 bits per heavy atom. The van der Waals surface area contributed by atoms with Crippen LogP contribution in [0.5, 0.6) is 0 Å². The molecule has 0 unspecified atom stereocenters. The fraction of sp³-hybridized carbons (Fsp3) is 0.286. The summed E-state index contributed by atoms with van der Waals surface area (Å²) in [7, 11) is -3.52.